The number of pyridine rings is 1. The molecule has 1 aromatic carbocycles. The summed E-state index contributed by atoms with van der Waals surface area (Å²) in [6.07, 6.45) is 8.53. The second kappa shape index (κ2) is 11.5. The third-order valence-electron chi connectivity index (χ3n) is 7.02. The number of likely N-dealkylation sites (tertiary alicyclic amines) is 1. The van der Waals surface area contributed by atoms with Crippen LogP contribution >= 0.6 is 0 Å². The number of benzene rings is 1. The zero-order chi connectivity index (χ0) is 27.4. The Hall–Kier alpha value is -3.89. The highest BCUT2D eigenvalue weighted by atomic mass is 19.3. The average Bonchev–Trinajstić information content (AvgIpc) is 3.54. The molecule has 0 spiro atoms. The van der Waals surface area contributed by atoms with Gasteiger partial charge >= 0.3 is 0 Å². The van der Waals surface area contributed by atoms with Crippen LogP contribution in [0.15, 0.2) is 72.9 Å². The number of carbonyl (C=O) groups is 1. The molecule has 204 valence electrons. The Morgan fingerprint density at radius 3 is 2.74 bits per heavy atom. The molecule has 1 amide bonds. The average molecular weight is 535 g/mol. The molecule has 5 rings (SSSR count). The van der Waals surface area contributed by atoms with E-state index in [1.165, 1.54) is 0 Å². The van der Waals surface area contributed by atoms with Crippen molar-refractivity contribution in [2.75, 3.05) is 39.4 Å². The van der Waals surface area contributed by atoms with Crippen molar-refractivity contribution in [1.29, 1.82) is 0 Å². The summed E-state index contributed by atoms with van der Waals surface area (Å²) in [6.45, 7) is 9.66. The number of alkyl halides is 2. The number of morpholine rings is 1. The van der Waals surface area contributed by atoms with E-state index >= 15 is 0 Å². The van der Waals surface area contributed by atoms with E-state index in [1.54, 1.807) is 30.1 Å². The normalized spacial score (nSPS) is 18.2. The smallest absolute Gasteiger partial charge is 0.276 e. The molecule has 3 aromatic rings. The summed E-state index contributed by atoms with van der Waals surface area (Å²) in [5.41, 5.74) is 4.98. The number of carbonyl (C=O) groups excluding carboxylic acids is 1. The first-order chi connectivity index (χ1) is 18.8. The molecule has 2 aliphatic rings. The minimum Gasteiger partial charge on any atom is -0.379 e. The molecule has 4 heterocycles. The van der Waals surface area contributed by atoms with E-state index in [0.29, 0.717) is 16.8 Å². The van der Waals surface area contributed by atoms with Crippen LogP contribution in [0.5, 0.6) is 0 Å². The maximum Gasteiger partial charge on any atom is 0.276 e. The van der Waals surface area contributed by atoms with Crippen molar-refractivity contribution in [2.24, 2.45) is 0 Å². The van der Waals surface area contributed by atoms with Crippen LogP contribution in [0.4, 0.5) is 8.78 Å². The predicted octanol–water partition coefficient (Wildman–Crippen LogP) is 4.50. The molecule has 8 nitrogen and oxygen atoms in total. The molecule has 39 heavy (non-hydrogen) atoms. The number of H-pyrrole nitrogens is 1. The summed E-state index contributed by atoms with van der Waals surface area (Å²) in [4.78, 5) is 21.5. The largest absolute Gasteiger partial charge is 0.379 e. The SMILES string of the molecule is C=C(/C=C\C(=C/C)NC(=O)c1n[nH]c2ccc(-c3cncc(CN4CCOCC4)c3)cc12)N1CCC(F)(F)C1. The Morgan fingerprint density at radius 1 is 1.18 bits per heavy atom. The number of hydrogen-bond donors (Lipinski definition) is 2. The zero-order valence-corrected chi connectivity index (χ0v) is 21.9. The van der Waals surface area contributed by atoms with Crippen LogP contribution in [0.25, 0.3) is 22.0 Å². The molecule has 0 aliphatic carbocycles. The molecular weight excluding hydrogens is 502 g/mol. The fourth-order valence-electron chi connectivity index (χ4n) is 4.79. The highest BCUT2D eigenvalue weighted by Crippen LogP contribution is 2.29. The predicted molar refractivity (Wildman–Crippen MR) is 146 cm³/mol. The first kappa shape index (κ1) is 26.7. The maximum absolute atomic E-state index is 13.5. The lowest BCUT2D eigenvalue weighted by atomic mass is 10.0. The van der Waals surface area contributed by atoms with Gasteiger partial charge in [0, 0.05) is 67.3 Å². The van der Waals surface area contributed by atoms with Gasteiger partial charge in [-0.05, 0) is 48.4 Å². The molecule has 2 aromatic heterocycles. The molecule has 2 aliphatic heterocycles. The number of aromatic nitrogens is 3. The number of halogens is 2. The number of aromatic amines is 1. The summed E-state index contributed by atoms with van der Waals surface area (Å²) in [5.74, 6) is -3.08. The van der Waals surface area contributed by atoms with Crippen LogP contribution < -0.4 is 5.32 Å². The van der Waals surface area contributed by atoms with Gasteiger partial charge in [0.25, 0.3) is 11.8 Å². The Labute approximate surface area is 226 Å². The van der Waals surface area contributed by atoms with Crippen LogP contribution in [0.2, 0.25) is 0 Å². The van der Waals surface area contributed by atoms with Crippen molar-refractivity contribution >= 4 is 16.8 Å². The highest BCUT2D eigenvalue weighted by Gasteiger charge is 2.38. The molecule has 2 saturated heterocycles. The molecular formula is C29H32F2N6O2. The van der Waals surface area contributed by atoms with Gasteiger partial charge in [0.05, 0.1) is 25.3 Å². The fraction of sp³-hybridized carbons (Fsp3) is 0.345. The Kier molecular flexibility index (Phi) is 7.85. The molecule has 0 atom stereocenters. The third-order valence-corrected chi connectivity index (χ3v) is 7.02. The van der Waals surface area contributed by atoms with Gasteiger partial charge in [0.15, 0.2) is 5.69 Å². The van der Waals surface area contributed by atoms with Crippen molar-refractivity contribution in [3.8, 4) is 11.1 Å². The summed E-state index contributed by atoms with van der Waals surface area (Å²) < 4.78 is 32.5. The van der Waals surface area contributed by atoms with Gasteiger partial charge in [-0.15, -0.1) is 0 Å². The number of nitrogens with one attached hydrogen (secondary N) is 2. The number of allylic oxidation sites excluding steroid dienone is 3. The first-order valence-electron chi connectivity index (χ1n) is 13.0. The van der Waals surface area contributed by atoms with Crippen molar-refractivity contribution in [3.05, 3.63) is 84.1 Å². The lowest BCUT2D eigenvalue weighted by Gasteiger charge is -2.26. The molecule has 0 unspecified atom stereocenters. The number of ether oxygens (including phenoxy) is 1. The van der Waals surface area contributed by atoms with Gasteiger partial charge in [-0.1, -0.05) is 18.7 Å². The Morgan fingerprint density at radius 2 is 2.00 bits per heavy atom. The van der Waals surface area contributed by atoms with Gasteiger partial charge in [-0.25, -0.2) is 8.78 Å². The molecule has 0 bridgehead atoms. The van der Waals surface area contributed by atoms with E-state index in [0.717, 1.165) is 55.1 Å². The van der Waals surface area contributed by atoms with E-state index in [2.05, 4.69) is 38.0 Å². The van der Waals surface area contributed by atoms with Crippen molar-refractivity contribution in [1.82, 2.24) is 30.3 Å². The van der Waals surface area contributed by atoms with Crippen molar-refractivity contribution in [3.63, 3.8) is 0 Å². The summed E-state index contributed by atoms with van der Waals surface area (Å²) in [5, 5.41) is 10.7. The molecule has 10 heteroatoms. The second-order valence-electron chi connectivity index (χ2n) is 9.85. The van der Waals surface area contributed by atoms with Crippen LogP contribution in [-0.4, -0.2) is 76.2 Å². The van der Waals surface area contributed by atoms with Gasteiger partial charge in [0.1, 0.15) is 0 Å². The Balaban J connectivity index is 1.29. The number of rotatable bonds is 8. The summed E-state index contributed by atoms with van der Waals surface area (Å²) in [6, 6.07) is 7.93. The van der Waals surface area contributed by atoms with Gasteiger partial charge in [-0.3, -0.25) is 19.8 Å². The maximum atomic E-state index is 13.5. The molecule has 0 saturated carbocycles. The highest BCUT2D eigenvalue weighted by molar-refractivity contribution is 6.06. The Bertz CT molecular complexity index is 1420. The number of fused-ring (bicyclic) bond motifs is 1. The van der Waals surface area contributed by atoms with E-state index in [4.69, 9.17) is 4.74 Å². The van der Waals surface area contributed by atoms with Crippen LogP contribution in [0.1, 0.15) is 29.4 Å². The van der Waals surface area contributed by atoms with Crippen LogP contribution in [0, 0.1) is 0 Å². The lowest BCUT2D eigenvalue weighted by molar-refractivity contribution is 0.0155. The second-order valence-corrected chi connectivity index (χ2v) is 9.85. The van der Waals surface area contributed by atoms with E-state index in [9.17, 15) is 13.6 Å². The first-order valence-corrected chi connectivity index (χ1v) is 13.0. The molecule has 2 N–H and O–H groups in total. The monoisotopic (exact) mass is 534 g/mol. The van der Waals surface area contributed by atoms with E-state index < -0.39 is 5.92 Å². The van der Waals surface area contributed by atoms with Crippen molar-refractivity contribution in [2.45, 2.75) is 25.8 Å². The van der Waals surface area contributed by atoms with Crippen LogP contribution in [0.3, 0.4) is 0 Å². The minimum absolute atomic E-state index is 0.185. The fourth-order valence-corrected chi connectivity index (χ4v) is 4.79. The summed E-state index contributed by atoms with van der Waals surface area (Å²) in [7, 11) is 0. The van der Waals surface area contributed by atoms with E-state index in [-0.39, 0.29) is 31.1 Å². The molecule has 2 fully saturated rings. The quantitative estimate of drug-likeness (QED) is 0.414. The topological polar surface area (TPSA) is 86.4 Å². The molecule has 0 radical (unpaired) electrons. The number of amides is 1. The van der Waals surface area contributed by atoms with Gasteiger partial charge in [-0.2, -0.15) is 5.10 Å². The van der Waals surface area contributed by atoms with Crippen LogP contribution in [-0.2, 0) is 11.3 Å². The van der Waals surface area contributed by atoms with Gasteiger partial charge in [0.2, 0.25) is 0 Å². The van der Waals surface area contributed by atoms with Gasteiger partial charge < -0.3 is 15.0 Å². The minimum atomic E-state index is -2.70. The number of nitrogens with zero attached hydrogens (tertiary/aromatic N) is 4. The number of hydrogen-bond acceptors (Lipinski definition) is 6. The standard InChI is InChI=1S/C29H32F2N6O2/c1-3-24(6-4-20(2)37-9-8-29(30,31)19-37)33-28(38)27-25-15-22(5-7-26(25)34-35-27)23-14-21(16-32-17-23)18-36-10-12-39-13-11-36/h3-7,14-17H,2,8-13,18-19H2,1H3,(H,33,38)(H,34,35)/b6-4-,24-3+. The van der Waals surface area contributed by atoms with Crippen molar-refractivity contribution < 1.29 is 18.3 Å². The van der Waals surface area contributed by atoms with E-state index in [1.807, 2.05) is 30.6 Å². The third kappa shape index (κ3) is 6.40. The summed E-state index contributed by atoms with van der Waals surface area (Å²) >= 11 is 0. The lowest BCUT2D eigenvalue weighted by Crippen LogP contribution is -2.35. The zero-order valence-electron chi connectivity index (χ0n) is 21.9.